The molecule has 0 aliphatic heterocycles. The highest BCUT2D eigenvalue weighted by molar-refractivity contribution is 9.10. The maximum atomic E-state index is 12.3. The van der Waals surface area contributed by atoms with E-state index in [1.165, 1.54) is 0 Å². The van der Waals surface area contributed by atoms with Gasteiger partial charge in [0.05, 0.1) is 26.8 Å². The molecule has 26 heavy (non-hydrogen) atoms. The minimum absolute atomic E-state index is 0.0107. The molecule has 0 unspecified atom stereocenters. The van der Waals surface area contributed by atoms with Crippen LogP contribution in [-0.2, 0) is 11.3 Å². The molecule has 0 saturated heterocycles. The number of likely N-dealkylation sites (N-methyl/N-ethyl adjacent to an activating group) is 1. The quantitative estimate of drug-likeness (QED) is 0.705. The number of hydrogen-bond donors (Lipinski definition) is 1. The van der Waals surface area contributed by atoms with Crippen LogP contribution in [0.15, 0.2) is 46.9 Å². The summed E-state index contributed by atoms with van der Waals surface area (Å²) in [7, 11) is 5.14. The van der Waals surface area contributed by atoms with Gasteiger partial charge >= 0.3 is 0 Å². The van der Waals surface area contributed by atoms with E-state index in [2.05, 4.69) is 21.2 Å². The lowest BCUT2D eigenvalue weighted by Crippen LogP contribution is -2.36. The average molecular weight is 421 g/mol. The molecule has 0 radical (unpaired) electrons. The second-order valence-electron chi connectivity index (χ2n) is 6.20. The third-order valence-corrected chi connectivity index (χ3v) is 4.59. The molecule has 2 aromatic rings. The highest BCUT2D eigenvalue weighted by Crippen LogP contribution is 2.27. The molecule has 0 aliphatic carbocycles. The molecule has 2 rings (SSSR count). The maximum Gasteiger partial charge on any atom is 0.234 e. The first-order valence-electron chi connectivity index (χ1n) is 8.37. The molecular formula is C20H25BrN2O3. The number of rotatable bonds is 8. The second kappa shape index (κ2) is 9.59. The van der Waals surface area contributed by atoms with Crippen LogP contribution in [0.5, 0.6) is 11.5 Å². The van der Waals surface area contributed by atoms with E-state index in [4.69, 9.17) is 9.47 Å². The lowest BCUT2D eigenvalue weighted by atomic mass is 10.1. The van der Waals surface area contributed by atoms with Crippen molar-refractivity contribution >= 4 is 21.8 Å². The Bertz CT molecular complexity index is 734. The minimum Gasteiger partial charge on any atom is -0.493 e. The van der Waals surface area contributed by atoms with Gasteiger partial charge in [-0.25, -0.2) is 0 Å². The number of methoxy groups -OCH3 is 2. The monoisotopic (exact) mass is 420 g/mol. The SMILES string of the molecule is COc1ccc(CN(C)CC(=O)N[C@H](C)c2ccc(Br)cc2)cc1OC. The lowest BCUT2D eigenvalue weighted by molar-refractivity contribution is -0.122. The van der Waals surface area contributed by atoms with Gasteiger partial charge < -0.3 is 14.8 Å². The van der Waals surface area contributed by atoms with Gasteiger partial charge in [-0.05, 0) is 49.4 Å². The van der Waals surface area contributed by atoms with Crippen molar-refractivity contribution in [1.82, 2.24) is 10.2 Å². The summed E-state index contributed by atoms with van der Waals surface area (Å²) < 4.78 is 11.6. The van der Waals surface area contributed by atoms with E-state index >= 15 is 0 Å². The number of halogens is 1. The maximum absolute atomic E-state index is 12.3. The lowest BCUT2D eigenvalue weighted by Gasteiger charge is -2.20. The molecule has 0 spiro atoms. The van der Waals surface area contributed by atoms with Crippen LogP contribution in [0, 0.1) is 0 Å². The van der Waals surface area contributed by atoms with Gasteiger partial charge in [-0.1, -0.05) is 34.1 Å². The van der Waals surface area contributed by atoms with Gasteiger partial charge in [0.2, 0.25) is 5.91 Å². The van der Waals surface area contributed by atoms with Crippen molar-refractivity contribution in [3.63, 3.8) is 0 Å². The zero-order valence-corrected chi connectivity index (χ0v) is 17.2. The number of nitrogens with one attached hydrogen (secondary N) is 1. The number of ether oxygens (including phenoxy) is 2. The van der Waals surface area contributed by atoms with E-state index in [-0.39, 0.29) is 11.9 Å². The van der Waals surface area contributed by atoms with E-state index in [9.17, 15) is 4.79 Å². The van der Waals surface area contributed by atoms with Crippen molar-refractivity contribution in [3.8, 4) is 11.5 Å². The number of nitrogens with zero attached hydrogens (tertiary/aromatic N) is 1. The molecule has 2 aromatic carbocycles. The molecule has 0 saturated carbocycles. The first-order chi connectivity index (χ1) is 12.4. The predicted octanol–water partition coefficient (Wildman–Crippen LogP) is 3.78. The Hall–Kier alpha value is -2.05. The highest BCUT2D eigenvalue weighted by Gasteiger charge is 2.13. The van der Waals surface area contributed by atoms with Gasteiger partial charge in [0, 0.05) is 11.0 Å². The zero-order valence-electron chi connectivity index (χ0n) is 15.6. The van der Waals surface area contributed by atoms with Crippen molar-refractivity contribution in [2.75, 3.05) is 27.8 Å². The Morgan fingerprint density at radius 3 is 2.38 bits per heavy atom. The van der Waals surface area contributed by atoms with E-state index in [0.717, 1.165) is 15.6 Å². The molecule has 140 valence electrons. The fourth-order valence-electron chi connectivity index (χ4n) is 2.71. The van der Waals surface area contributed by atoms with Crippen molar-refractivity contribution in [2.24, 2.45) is 0 Å². The Labute approximate surface area is 163 Å². The summed E-state index contributed by atoms with van der Waals surface area (Å²) in [5, 5.41) is 3.03. The summed E-state index contributed by atoms with van der Waals surface area (Å²) in [6.45, 7) is 2.94. The topological polar surface area (TPSA) is 50.8 Å². The Balaban J connectivity index is 1.89. The van der Waals surface area contributed by atoms with Crippen LogP contribution < -0.4 is 14.8 Å². The summed E-state index contributed by atoms with van der Waals surface area (Å²) in [4.78, 5) is 14.3. The van der Waals surface area contributed by atoms with Gasteiger partial charge in [-0.15, -0.1) is 0 Å². The highest BCUT2D eigenvalue weighted by atomic mass is 79.9. The molecule has 0 bridgehead atoms. The Morgan fingerprint density at radius 1 is 1.12 bits per heavy atom. The third-order valence-electron chi connectivity index (χ3n) is 4.06. The first-order valence-corrected chi connectivity index (χ1v) is 9.16. The molecule has 0 fully saturated rings. The number of amides is 1. The Kier molecular flexibility index (Phi) is 7.48. The zero-order chi connectivity index (χ0) is 19.1. The Morgan fingerprint density at radius 2 is 1.77 bits per heavy atom. The normalized spacial score (nSPS) is 11.9. The van der Waals surface area contributed by atoms with Gasteiger partial charge in [0.15, 0.2) is 11.5 Å². The summed E-state index contributed by atoms with van der Waals surface area (Å²) in [5.74, 6) is 1.37. The van der Waals surface area contributed by atoms with Gasteiger partial charge in [-0.3, -0.25) is 9.69 Å². The summed E-state index contributed by atoms with van der Waals surface area (Å²) in [6.07, 6.45) is 0. The molecule has 6 heteroatoms. The van der Waals surface area contributed by atoms with Crippen LogP contribution >= 0.6 is 15.9 Å². The van der Waals surface area contributed by atoms with E-state index in [1.54, 1.807) is 14.2 Å². The average Bonchev–Trinajstić information content (AvgIpc) is 2.61. The van der Waals surface area contributed by atoms with Gasteiger partial charge in [0.25, 0.3) is 0 Å². The summed E-state index contributed by atoms with van der Waals surface area (Å²) in [5.41, 5.74) is 2.13. The smallest absolute Gasteiger partial charge is 0.234 e. The minimum atomic E-state index is -0.0370. The first kappa shape index (κ1) is 20.3. The number of benzene rings is 2. The van der Waals surface area contributed by atoms with E-state index < -0.39 is 0 Å². The molecule has 1 N–H and O–H groups in total. The predicted molar refractivity (Wildman–Crippen MR) is 107 cm³/mol. The molecule has 1 amide bonds. The summed E-state index contributed by atoms with van der Waals surface area (Å²) >= 11 is 3.42. The van der Waals surface area contributed by atoms with E-state index in [1.807, 2.05) is 61.3 Å². The molecular weight excluding hydrogens is 396 g/mol. The van der Waals surface area contributed by atoms with E-state index in [0.29, 0.717) is 24.6 Å². The van der Waals surface area contributed by atoms with Crippen LogP contribution in [0.3, 0.4) is 0 Å². The third kappa shape index (κ3) is 5.75. The van der Waals surface area contributed by atoms with Crippen LogP contribution in [0.2, 0.25) is 0 Å². The van der Waals surface area contributed by atoms with Crippen LogP contribution in [0.4, 0.5) is 0 Å². The van der Waals surface area contributed by atoms with Crippen molar-refractivity contribution in [1.29, 1.82) is 0 Å². The summed E-state index contributed by atoms with van der Waals surface area (Å²) in [6, 6.07) is 13.7. The van der Waals surface area contributed by atoms with Gasteiger partial charge in [-0.2, -0.15) is 0 Å². The number of carbonyl (C=O) groups excluding carboxylic acids is 1. The fourth-order valence-corrected chi connectivity index (χ4v) is 2.98. The number of hydrogen-bond acceptors (Lipinski definition) is 4. The van der Waals surface area contributed by atoms with Crippen molar-refractivity contribution in [3.05, 3.63) is 58.1 Å². The molecule has 5 nitrogen and oxygen atoms in total. The van der Waals surface area contributed by atoms with Crippen molar-refractivity contribution in [2.45, 2.75) is 19.5 Å². The van der Waals surface area contributed by atoms with Crippen molar-refractivity contribution < 1.29 is 14.3 Å². The molecule has 0 aromatic heterocycles. The molecule has 0 heterocycles. The standard InChI is InChI=1S/C20H25BrN2O3/c1-14(16-6-8-17(21)9-7-16)22-20(24)13-23(2)12-15-5-10-18(25-3)19(11-15)26-4/h5-11,14H,12-13H2,1-4H3,(H,22,24)/t14-/m1/s1. The van der Waals surface area contributed by atoms with Crippen LogP contribution in [-0.4, -0.2) is 38.6 Å². The second-order valence-corrected chi connectivity index (χ2v) is 7.12. The van der Waals surface area contributed by atoms with Crippen LogP contribution in [0.25, 0.3) is 0 Å². The molecule has 1 atom stereocenters. The van der Waals surface area contributed by atoms with Gasteiger partial charge in [0.1, 0.15) is 0 Å². The number of carbonyl (C=O) groups is 1. The fraction of sp³-hybridized carbons (Fsp3) is 0.350. The largest absolute Gasteiger partial charge is 0.493 e. The van der Waals surface area contributed by atoms with Crippen LogP contribution in [0.1, 0.15) is 24.1 Å². The molecule has 0 aliphatic rings.